The Kier molecular flexibility index (Phi) is 5.08. The average Bonchev–Trinajstić information content (AvgIpc) is 3.03. The van der Waals surface area contributed by atoms with Gasteiger partial charge in [-0.1, -0.05) is 35.9 Å². The van der Waals surface area contributed by atoms with Gasteiger partial charge in [0.1, 0.15) is 11.5 Å². The molecule has 0 saturated carbocycles. The van der Waals surface area contributed by atoms with E-state index in [1.54, 1.807) is 29.8 Å². The maximum Gasteiger partial charge on any atom is 0.259 e. The first-order valence-corrected chi connectivity index (χ1v) is 9.30. The third-order valence-corrected chi connectivity index (χ3v) is 5.08. The molecule has 6 nitrogen and oxygen atoms in total. The minimum Gasteiger partial charge on any atom is -0.457 e. The van der Waals surface area contributed by atoms with E-state index in [4.69, 9.17) is 16.3 Å². The molecule has 0 fully saturated rings. The maximum atomic E-state index is 12.3. The molecule has 2 aromatic carbocycles. The van der Waals surface area contributed by atoms with Crippen molar-refractivity contribution >= 4 is 21.6 Å². The van der Waals surface area contributed by atoms with Crippen molar-refractivity contribution in [3.8, 4) is 11.5 Å². The minimum absolute atomic E-state index is 0.0131. The summed E-state index contributed by atoms with van der Waals surface area (Å²) < 4.78 is 34.6. The molecule has 0 unspecified atom stereocenters. The predicted molar refractivity (Wildman–Crippen MR) is 95.2 cm³/mol. The molecule has 8 heteroatoms. The van der Waals surface area contributed by atoms with Gasteiger partial charge in [0.15, 0.2) is 5.03 Å². The Hall–Kier alpha value is -2.35. The molecule has 0 aliphatic rings. The lowest BCUT2D eigenvalue weighted by Crippen LogP contribution is -2.24. The van der Waals surface area contributed by atoms with E-state index in [1.165, 1.54) is 12.5 Å². The summed E-state index contributed by atoms with van der Waals surface area (Å²) in [4.78, 5) is 3.86. The van der Waals surface area contributed by atoms with Gasteiger partial charge in [-0.15, -0.1) is 0 Å². The largest absolute Gasteiger partial charge is 0.457 e. The van der Waals surface area contributed by atoms with Crippen LogP contribution in [0.15, 0.2) is 66.1 Å². The molecular formula is C17H16ClN3O3S. The normalized spacial score (nSPS) is 11.4. The second-order valence-electron chi connectivity index (χ2n) is 5.33. The van der Waals surface area contributed by atoms with E-state index in [0.717, 1.165) is 0 Å². The number of para-hydroxylation sites is 1. The zero-order chi connectivity index (χ0) is 17.9. The fourth-order valence-corrected chi connectivity index (χ4v) is 3.40. The first-order chi connectivity index (χ1) is 12.0. The van der Waals surface area contributed by atoms with Crippen LogP contribution in [0.3, 0.4) is 0 Å². The molecule has 0 saturated heterocycles. The second kappa shape index (κ2) is 7.26. The highest BCUT2D eigenvalue weighted by atomic mass is 35.5. The van der Waals surface area contributed by atoms with Crippen molar-refractivity contribution < 1.29 is 13.2 Å². The Balaban J connectivity index is 1.82. The lowest BCUT2D eigenvalue weighted by Gasteiger charge is -2.13. The van der Waals surface area contributed by atoms with Crippen LogP contribution in [0.2, 0.25) is 5.02 Å². The predicted octanol–water partition coefficient (Wildman–Crippen LogP) is 3.34. The van der Waals surface area contributed by atoms with Gasteiger partial charge in [-0.25, -0.2) is 18.1 Å². The molecule has 1 aromatic heterocycles. The molecule has 3 aromatic rings. The van der Waals surface area contributed by atoms with Crippen molar-refractivity contribution in [3.63, 3.8) is 0 Å². The van der Waals surface area contributed by atoms with Gasteiger partial charge < -0.3 is 9.30 Å². The van der Waals surface area contributed by atoms with Crippen LogP contribution in [0, 0.1) is 0 Å². The van der Waals surface area contributed by atoms with Gasteiger partial charge >= 0.3 is 0 Å². The number of hydrogen-bond donors (Lipinski definition) is 1. The van der Waals surface area contributed by atoms with Crippen molar-refractivity contribution in [2.45, 2.75) is 11.6 Å². The summed E-state index contributed by atoms with van der Waals surface area (Å²) in [5.74, 6) is 1.13. The van der Waals surface area contributed by atoms with Gasteiger partial charge in [0, 0.05) is 30.4 Å². The van der Waals surface area contributed by atoms with Crippen molar-refractivity contribution in [1.82, 2.24) is 14.3 Å². The number of benzene rings is 2. The first kappa shape index (κ1) is 17.5. The number of sulfonamides is 1. The number of nitrogens with one attached hydrogen (secondary N) is 1. The molecule has 0 radical (unpaired) electrons. The third-order valence-electron chi connectivity index (χ3n) is 3.44. The molecule has 0 atom stereocenters. The molecule has 1 heterocycles. The zero-order valence-corrected chi connectivity index (χ0v) is 15.0. The van der Waals surface area contributed by atoms with Crippen LogP contribution in [0.1, 0.15) is 5.56 Å². The molecule has 130 valence electrons. The van der Waals surface area contributed by atoms with Crippen LogP contribution >= 0.6 is 11.6 Å². The smallest absolute Gasteiger partial charge is 0.259 e. The fraction of sp³-hybridized carbons (Fsp3) is 0.118. The standard InChI is InChI=1S/C17H16ClN3O3S/c1-21-11-17(19-12-21)25(22,23)20-10-14-15(18)8-5-9-16(14)24-13-6-3-2-4-7-13/h2-9,11-12,20H,10H2,1H3. The summed E-state index contributed by atoms with van der Waals surface area (Å²) in [7, 11) is -2.04. The van der Waals surface area contributed by atoms with E-state index in [0.29, 0.717) is 22.1 Å². The molecule has 0 amide bonds. The van der Waals surface area contributed by atoms with Crippen LogP contribution in [0.4, 0.5) is 0 Å². The van der Waals surface area contributed by atoms with E-state index < -0.39 is 10.0 Å². The Morgan fingerprint density at radius 3 is 2.60 bits per heavy atom. The summed E-state index contributed by atoms with van der Waals surface area (Å²) in [5, 5.41) is 0.365. The number of rotatable bonds is 6. The van der Waals surface area contributed by atoms with Gasteiger partial charge in [-0.2, -0.15) is 0 Å². The maximum absolute atomic E-state index is 12.3. The van der Waals surface area contributed by atoms with Gasteiger partial charge in [0.25, 0.3) is 10.0 Å². The Morgan fingerprint density at radius 1 is 1.16 bits per heavy atom. The number of aromatic nitrogens is 2. The lowest BCUT2D eigenvalue weighted by atomic mass is 10.2. The van der Waals surface area contributed by atoms with Crippen molar-refractivity contribution in [2.75, 3.05) is 0 Å². The second-order valence-corrected chi connectivity index (χ2v) is 7.45. The van der Waals surface area contributed by atoms with E-state index in [2.05, 4.69) is 9.71 Å². The van der Waals surface area contributed by atoms with Crippen LogP contribution in [-0.4, -0.2) is 18.0 Å². The fourth-order valence-electron chi connectivity index (χ4n) is 2.19. The number of aryl methyl sites for hydroxylation is 1. The average molecular weight is 378 g/mol. The topological polar surface area (TPSA) is 73.2 Å². The highest BCUT2D eigenvalue weighted by molar-refractivity contribution is 7.89. The molecule has 0 aliphatic carbocycles. The number of nitrogens with zero attached hydrogens (tertiary/aromatic N) is 2. The highest BCUT2D eigenvalue weighted by Crippen LogP contribution is 2.30. The summed E-state index contributed by atoms with van der Waals surface area (Å²) >= 11 is 6.24. The van der Waals surface area contributed by atoms with Crippen LogP contribution in [0.5, 0.6) is 11.5 Å². The number of imidazole rings is 1. The molecule has 3 rings (SSSR count). The molecule has 0 spiro atoms. The van der Waals surface area contributed by atoms with Crippen LogP contribution < -0.4 is 9.46 Å². The van der Waals surface area contributed by atoms with E-state index >= 15 is 0 Å². The third kappa shape index (κ3) is 4.19. The van der Waals surface area contributed by atoms with Crippen molar-refractivity contribution in [2.24, 2.45) is 7.05 Å². The molecule has 0 aliphatic heterocycles. The van der Waals surface area contributed by atoms with Crippen molar-refractivity contribution in [1.29, 1.82) is 0 Å². The van der Waals surface area contributed by atoms with E-state index in [-0.39, 0.29) is 11.6 Å². The van der Waals surface area contributed by atoms with Crippen LogP contribution in [-0.2, 0) is 23.6 Å². The zero-order valence-electron chi connectivity index (χ0n) is 13.4. The Morgan fingerprint density at radius 2 is 1.92 bits per heavy atom. The summed E-state index contributed by atoms with van der Waals surface area (Å²) in [6.07, 6.45) is 2.85. The number of halogens is 1. The molecular weight excluding hydrogens is 362 g/mol. The number of ether oxygens (including phenoxy) is 1. The molecule has 1 N–H and O–H groups in total. The summed E-state index contributed by atoms with van der Waals surface area (Å²) in [6.45, 7) is -0.0131. The quantitative estimate of drug-likeness (QED) is 0.715. The summed E-state index contributed by atoms with van der Waals surface area (Å²) in [5.41, 5.74) is 0.549. The van der Waals surface area contributed by atoms with Crippen LogP contribution in [0.25, 0.3) is 0 Å². The highest BCUT2D eigenvalue weighted by Gasteiger charge is 2.19. The Bertz CT molecular complexity index is 972. The minimum atomic E-state index is -3.74. The van der Waals surface area contributed by atoms with Gasteiger partial charge in [0.05, 0.1) is 6.33 Å². The van der Waals surface area contributed by atoms with E-state index in [1.807, 2.05) is 30.3 Å². The van der Waals surface area contributed by atoms with Gasteiger partial charge in [0.2, 0.25) is 0 Å². The lowest BCUT2D eigenvalue weighted by molar-refractivity contribution is 0.475. The van der Waals surface area contributed by atoms with Gasteiger partial charge in [-0.3, -0.25) is 0 Å². The SMILES string of the molecule is Cn1cnc(S(=O)(=O)NCc2c(Cl)cccc2Oc2ccccc2)c1. The van der Waals surface area contributed by atoms with Gasteiger partial charge in [-0.05, 0) is 24.3 Å². The van der Waals surface area contributed by atoms with Crippen molar-refractivity contribution in [3.05, 3.63) is 71.6 Å². The first-order valence-electron chi connectivity index (χ1n) is 7.43. The summed E-state index contributed by atoms with van der Waals surface area (Å²) in [6, 6.07) is 14.4. The monoisotopic (exact) mass is 377 g/mol. The Labute approximate surface area is 151 Å². The number of hydrogen-bond acceptors (Lipinski definition) is 4. The van der Waals surface area contributed by atoms with E-state index in [9.17, 15) is 8.42 Å². The molecule has 0 bridgehead atoms. The molecule has 25 heavy (non-hydrogen) atoms.